The summed E-state index contributed by atoms with van der Waals surface area (Å²) < 4.78 is 0. The highest BCUT2D eigenvalue weighted by Crippen LogP contribution is 2.18. The van der Waals surface area contributed by atoms with E-state index in [1.54, 1.807) is 12.1 Å². The van der Waals surface area contributed by atoms with Gasteiger partial charge >= 0.3 is 0 Å². The molecular weight excluding hydrogens is 156 g/mol. The summed E-state index contributed by atoms with van der Waals surface area (Å²) >= 11 is 4.09. The molecule has 1 aromatic rings. The van der Waals surface area contributed by atoms with E-state index in [1.807, 2.05) is 26.8 Å². The molecule has 0 aliphatic rings. The van der Waals surface area contributed by atoms with Gasteiger partial charge in [0.2, 0.25) is 0 Å². The van der Waals surface area contributed by atoms with Crippen LogP contribution in [0.3, 0.4) is 0 Å². The van der Waals surface area contributed by atoms with Gasteiger partial charge in [-0.25, -0.2) is 0 Å². The Morgan fingerprint density at radius 1 is 1.27 bits per heavy atom. The van der Waals surface area contributed by atoms with Crippen molar-refractivity contribution in [1.82, 2.24) is 0 Å². The molecule has 0 aromatic heterocycles. The summed E-state index contributed by atoms with van der Waals surface area (Å²) in [5.41, 5.74) is 0.863. The summed E-state index contributed by atoms with van der Waals surface area (Å²) in [5.74, 6) is 0.327. The Kier molecular flexibility index (Phi) is 4.79. The first-order chi connectivity index (χ1) is 5.20. The van der Waals surface area contributed by atoms with Gasteiger partial charge in [-0.1, -0.05) is 13.8 Å². The monoisotopic (exact) mass is 170 g/mol. The molecule has 0 spiro atoms. The summed E-state index contributed by atoms with van der Waals surface area (Å²) in [5, 5.41) is 9.01. The van der Waals surface area contributed by atoms with E-state index in [2.05, 4.69) is 12.6 Å². The topological polar surface area (TPSA) is 20.2 Å². The molecule has 0 heterocycles. The average Bonchev–Trinajstić information content (AvgIpc) is 2.02. The number of phenols is 1. The van der Waals surface area contributed by atoms with Gasteiger partial charge in [-0.15, -0.1) is 12.6 Å². The van der Waals surface area contributed by atoms with E-state index in [0.29, 0.717) is 5.75 Å². The highest BCUT2D eigenvalue weighted by Gasteiger charge is 1.92. The number of hydrogen-bond donors (Lipinski definition) is 2. The fourth-order valence-corrected chi connectivity index (χ4v) is 0.908. The molecular formula is C9H14OS. The zero-order valence-corrected chi connectivity index (χ0v) is 8.02. The van der Waals surface area contributed by atoms with Crippen LogP contribution in [0.2, 0.25) is 0 Å². The number of aryl methyl sites for hydroxylation is 1. The zero-order chi connectivity index (χ0) is 8.85. The van der Waals surface area contributed by atoms with Crippen LogP contribution < -0.4 is 0 Å². The van der Waals surface area contributed by atoms with E-state index < -0.39 is 0 Å². The molecule has 2 heteroatoms. The van der Waals surface area contributed by atoms with Gasteiger partial charge in [0.15, 0.2) is 0 Å². The third kappa shape index (κ3) is 3.33. The van der Waals surface area contributed by atoms with Gasteiger partial charge in [0.05, 0.1) is 0 Å². The smallest absolute Gasteiger partial charge is 0.118 e. The standard InChI is InChI=1S/C7H8OS.C2H6/c1-5-4-6(9)2-3-7(5)8;1-2/h2-4,8-9H,1H3;1-2H3. The van der Waals surface area contributed by atoms with Crippen molar-refractivity contribution in [1.29, 1.82) is 0 Å². The molecule has 0 atom stereocenters. The van der Waals surface area contributed by atoms with Crippen LogP contribution in [0, 0.1) is 6.92 Å². The van der Waals surface area contributed by atoms with E-state index in [-0.39, 0.29) is 0 Å². The highest BCUT2D eigenvalue weighted by molar-refractivity contribution is 7.80. The number of rotatable bonds is 0. The Hall–Kier alpha value is -0.630. The number of benzene rings is 1. The molecule has 0 saturated heterocycles. The number of thiol groups is 1. The van der Waals surface area contributed by atoms with Crippen LogP contribution in [0.25, 0.3) is 0 Å². The second-order valence-corrected chi connectivity index (χ2v) is 2.49. The Morgan fingerprint density at radius 2 is 1.82 bits per heavy atom. The molecule has 0 aliphatic heterocycles. The van der Waals surface area contributed by atoms with Gasteiger partial charge in [0, 0.05) is 4.90 Å². The van der Waals surface area contributed by atoms with Crippen molar-refractivity contribution in [3.63, 3.8) is 0 Å². The van der Waals surface area contributed by atoms with Crippen LogP contribution in [0.4, 0.5) is 0 Å². The van der Waals surface area contributed by atoms with Gasteiger partial charge in [0.25, 0.3) is 0 Å². The van der Waals surface area contributed by atoms with E-state index in [9.17, 15) is 0 Å². The fraction of sp³-hybridized carbons (Fsp3) is 0.333. The van der Waals surface area contributed by atoms with E-state index in [1.165, 1.54) is 0 Å². The maximum atomic E-state index is 9.01. The van der Waals surface area contributed by atoms with E-state index >= 15 is 0 Å². The first kappa shape index (κ1) is 10.4. The Balaban J connectivity index is 0.000000461. The minimum atomic E-state index is 0.327. The summed E-state index contributed by atoms with van der Waals surface area (Å²) in [6.45, 7) is 5.84. The summed E-state index contributed by atoms with van der Waals surface area (Å²) in [6, 6.07) is 5.21. The third-order valence-electron chi connectivity index (χ3n) is 1.18. The van der Waals surface area contributed by atoms with Gasteiger partial charge < -0.3 is 5.11 Å². The quantitative estimate of drug-likeness (QED) is 0.573. The average molecular weight is 170 g/mol. The summed E-state index contributed by atoms with van der Waals surface area (Å²) in [7, 11) is 0. The molecule has 0 amide bonds. The SMILES string of the molecule is CC.Cc1cc(S)ccc1O. The Morgan fingerprint density at radius 3 is 2.18 bits per heavy atom. The molecule has 0 fully saturated rings. The molecule has 1 N–H and O–H groups in total. The van der Waals surface area contributed by atoms with Crippen LogP contribution >= 0.6 is 12.6 Å². The minimum Gasteiger partial charge on any atom is -0.508 e. The molecule has 1 aromatic carbocycles. The van der Waals surface area contributed by atoms with Crippen molar-refractivity contribution in [3.8, 4) is 5.75 Å². The highest BCUT2D eigenvalue weighted by atomic mass is 32.1. The van der Waals surface area contributed by atoms with Crippen LogP contribution in [-0.4, -0.2) is 5.11 Å². The van der Waals surface area contributed by atoms with Gasteiger partial charge in [-0.2, -0.15) is 0 Å². The predicted molar refractivity (Wildman–Crippen MR) is 51.4 cm³/mol. The molecule has 1 nitrogen and oxygen atoms in total. The lowest BCUT2D eigenvalue weighted by Gasteiger charge is -1.96. The molecule has 1 rings (SSSR count). The van der Waals surface area contributed by atoms with Crippen LogP contribution in [0.5, 0.6) is 5.75 Å². The second-order valence-electron chi connectivity index (χ2n) is 1.97. The number of aromatic hydroxyl groups is 1. The molecule has 0 radical (unpaired) electrons. The molecule has 0 bridgehead atoms. The van der Waals surface area contributed by atoms with Crippen molar-refractivity contribution < 1.29 is 5.11 Å². The maximum Gasteiger partial charge on any atom is 0.118 e. The summed E-state index contributed by atoms with van der Waals surface area (Å²) in [4.78, 5) is 0.880. The lowest BCUT2D eigenvalue weighted by molar-refractivity contribution is 0.470. The number of phenolic OH excluding ortho intramolecular Hbond substituents is 1. The van der Waals surface area contributed by atoms with Gasteiger partial charge in [0.1, 0.15) is 5.75 Å². The third-order valence-corrected chi connectivity index (χ3v) is 1.46. The van der Waals surface area contributed by atoms with Crippen LogP contribution in [0.15, 0.2) is 23.1 Å². The van der Waals surface area contributed by atoms with Crippen molar-refractivity contribution in [2.24, 2.45) is 0 Å². The largest absolute Gasteiger partial charge is 0.508 e. The van der Waals surface area contributed by atoms with Crippen molar-refractivity contribution in [2.45, 2.75) is 25.7 Å². The first-order valence-electron chi connectivity index (χ1n) is 3.69. The molecule has 62 valence electrons. The lowest BCUT2D eigenvalue weighted by Crippen LogP contribution is -1.72. The Bertz CT molecular complexity index is 221. The molecule has 0 saturated carbocycles. The van der Waals surface area contributed by atoms with E-state index in [0.717, 1.165) is 10.5 Å². The van der Waals surface area contributed by atoms with Crippen molar-refractivity contribution in [3.05, 3.63) is 23.8 Å². The summed E-state index contributed by atoms with van der Waals surface area (Å²) in [6.07, 6.45) is 0. The van der Waals surface area contributed by atoms with Gasteiger partial charge in [-0.05, 0) is 30.7 Å². The second kappa shape index (κ2) is 5.08. The van der Waals surface area contributed by atoms with Crippen molar-refractivity contribution >= 4 is 12.6 Å². The minimum absolute atomic E-state index is 0.327. The van der Waals surface area contributed by atoms with Crippen LogP contribution in [-0.2, 0) is 0 Å². The normalized spacial score (nSPS) is 8.36. The maximum absolute atomic E-state index is 9.01. The van der Waals surface area contributed by atoms with Gasteiger partial charge in [-0.3, -0.25) is 0 Å². The number of hydrogen-bond acceptors (Lipinski definition) is 2. The molecule has 11 heavy (non-hydrogen) atoms. The fourth-order valence-electron chi connectivity index (χ4n) is 0.640. The molecule has 0 aliphatic carbocycles. The lowest BCUT2D eigenvalue weighted by atomic mass is 10.2. The van der Waals surface area contributed by atoms with Crippen molar-refractivity contribution in [2.75, 3.05) is 0 Å². The van der Waals surface area contributed by atoms with Crippen LogP contribution in [0.1, 0.15) is 19.4 Å². The molecule has 0 unspecified atom stereocenters. The Labute approximate surface area is 73.5 Å². The first-order valence-corrected chi connectivity index (χ1v) is 4.13. The zero-order valence-electron chi connectivity index (χ0n) is 7.13. The van der Waals surface area contributed by atoms with E-state index in [4.69, 9.17) is 5.11 Å². The predicted octanol–water partition coefficient (Wildman–Crippen LogP) is 3.02.